The van der Waals surface area contributed by atoms with Gasteiger partial charge in [0.1, 0.15) is 23.6 Å². The summed E-state index contributed by atoms with van der Waals surface area (Å²) < 4.78 is 11.2. The van der Waals surface area contributed by atoms with Crippen LogP contribution >= 0.6 is 0 Å². The Morgan fingerprint density at radius 2 is 2.00 bits per heavy atom. The minimum atomic E-state index is -0.409. The number of nitrogen functional groups attached to an aromatic ring is 1. The first-order valence-corrected chi connectivity index (χ1v) is 10.4. The predicted molar refractivity (Wildman–Crippen MR) is 121 cm³/mol. The quantitative estimate of drug-likeness (QED) is 0.442. The molecule has 0 amide bonds. The maximum absolute atomic E-state index is 12.7. The Hall–Kier alpha value is -4.39. The SMILES string of the molecule is Cc1ccc2c(c1)[C@@H](C)Oc1cc(nnc1N)-c1c(nn(C)c1C#N)Cc1cc(=O)n(C)n1-2. The standard InChI is InChI=1S/C23H22N8O2/c1-12-5-6-18-15(7-12)13(2)33-20-10-16(26-27-23(20)25)22-17(28-29(3)19(22)11-24)8-14-9-21(32)30(4)31(14)18/h5-7,9-10,13H,8H2,1-4H3,(H2,25,27)/t13-/m1/s1. The van der Waals surface area contributed by atoms with Crippen LogP contribution in [-0.2, 0) is 20.5 Å². The van der Waals surface area contributed by atoms with E-state index < -0.39 is 6.10 Å². The molecular weight excluding hydrogens is 420 g/mol. The molecule has 0 fully saturated rings. The van der Waals surface area contributed by atoms with Crippen LogP contribution in [0.3, 0.4) is 0 Å². The number of ether oxygens (including phenoxy) is 1. The number of nitriles is 1. The van der Waals surface area contributed by atoms with Crippen molar-refractivity contribution in [3.63, 3.8) is 0 Å². The molecule has 0 unspecified atom stereocenters. The van der Waals surface area contributed by atoms with Gasteiger partial charge < -0.3 is 10.5 Å². The van der Waals surface area contributed by atoms with Gasteiger partial charge in [-0.3, -0.25) is 14.2 Å². The average Bonchev–Trinajstić information content (AvgIpc) is 3.24. The molecule has 0 radical (unpaired) electrons. The van der Waals surface area contributed by atoms with Crippen molar-refractivity contribution in [2.75, 3.05) is 5.73 Å². The van der Waals surface area contributed by atoms with Crippen molar-refractivity contribution in [3.8, 4) is 28.8 Å². The zero-order valence-electron chi connectivity index (χ0n) is 18.7. The van der Waals surface area contributed by atoms with E-state index in [1.165, 1.54) is 4.68 Å². The van der Waals surface area contributed by atoms with Gasteiger partial charge >= 0.3 is 0 Å². The topological polar surface area (TPSA) is 130 Å². The molecule has 1 aromatic carbocycles. The van der Waals surface area contributed by atoms with Crippen molar-refractivity contribution in [1.29, 1.82) is 5.26 Å². The van der Waals surface area contributed by atoms with Crippen molar-refractivity contribution < 1.29 is 4.74 Å². The van der Waals surface area contributed by atoms with E-state index in [9.17, 15) is 10.1 Å². The van der Waals surface area contributed by atoms with Gasteiger partial charge in [-0.2, -0.15) is 10.4 Å². The molecule has 0 saturated carbocycles. The molecule has 2 N–H and O–H groups in total. The highest BCUT2D eigenvalue weighted by molar-refractivity contribution is 5.71. The lowest BCUT2D eigenvalue weighted by atomic mass is 10.0. The normalized spacial score (nSPS) is 14.7. The number of aryl methyl sites for hydroxylation is 2. The van der Waals surface area contributed by atoms with Gasteiger partial charge in [0.15, 0.2) is 11.6 Å². The third-order valence-corrected chi connectivity index (χ3v) is 5.95. The predicted octanol–water partition coefficient (Wildman–Crippen LogP) is 2.17. The number of benzene rings is 1. The first-order chi connectivity index (χ1) is 15.8. The molecule has 166 valence electrons. The minimum absolute atomic E-state index is 0.148. The van der Waals surface area contributed by atoms with E-state index in [1.54, 1.807) is 30.9 Å². The van der Waals surface area contributed by atoms with Gasteiger partial charge in [-0.05, 0) is 19.9 Å². The van der Waals surface area contributed by atoms with Gasteiger partial charge in [-0.25, -0.2) is 4.68 Å². The summed E-state index contributed by atoms with van der Waals surface area (Å²) in [4.78, 5) is 12.7. The number of fused-ring (bicyclic) bond motifs is 7. The number of hydrogen-bond donors (Lipinski definition) is 1. The molecule has 0 spiro atoms. The van der Waals surface area contributed by atoms with Gasteiger partial charge in [-0.15, -0.1) is 10.2 Å². The summed E-state index contributed by atoms with van der Waals surface area (Å²) in [7, 11) is 3.42. The van der Waals surface area contributed by atoms with E-state index in [0.717, 1.165) is 22.5 Å². The van der Waals surface area contributed by atoms with E-state index in [4.69, 9.17) is 10.5 Å². The molecule has 3 aromatic heterocycles. The molecule has 2 bridgehead atoms. The summed E-state index contributed by atoms with van der Waals surface area (Å²) in [6.07, 6.45) is -0.0990. The smallest absolute Gasteiger partial charge is 0.266 e. The van der Waals surface area contributed by atoms with E-state index in [0.29, 0.717) is 34.8 Å². The van der Waals surface area contributed by atoms with E-state index in [1.807, 2.05) is 36.7 Å². The molecule has 1 aliphatic rings. The summed E-state index contributed by atoms with van der Waals surface area (Å²) >= 11 is 0. The Balaban J connectivity index is 1.88. The molecule has 10 nitrogen and oxygen atoms in total. The molecule has 0 aliphatic carbocycles. The number of nitrogens with two attached hydrogens (primary N) is 1. The van der Waals surface area contributed by atoms with Crippen LogP contribution in [0, 0.1) is 18.3 Å². The van der Waals surface area contributed by atoms with Crippen molar-refractivity contribution >= 4 is 5.82 Å². The zero-order chi connectivity index (χ0) is 23.4. The summed E-state index contributed by atoms with van der Waals surface area (Å²) in [5.74, 6) is 0.510. The Labute approximate surface area is 189 Å². The number of hydrogen-bond acceptors (Lipinski definition) is 7. The van der Waals surface area contributed by atoms with Crippen molar-refractivity contribution in [1.82, 2.24) is 29.3 Å². The lowest BCUT2D eigenvalue weighted by Crippen LogP contribution is -2.21. The molecule has 5 rings (SSSR count). The summed E-state index contributed by atoms with van der Waals surface area (Å²) in [5, 5.41) is 22.7. The van der Waals surface area contributed by atoms with Gasteiger partial charge in [0.25, 0.3) is 5.56 Å². The molecule has 1 aliphatic heterocycles. The third-order valence-electron chi connectivity index (χ3n) is 5.95. The molecule has 33 heavy (non-hydrogen) atoms. The second kappa shape index (κ2) is 7.34. The maximum atomic E-state index is 12.7. The Kier molecular flexibility index (Phi) is 4.56. The van der Waals surface area contributed by atoms with E-state index in [2.05, 4.69) is 21.4 Å². The van der Waals surface area contributed by atoms with Crippen LogP contribution < -0.4 is 16.0 Å². The van der Waals surface area contributed by atoms with Crippen LogP contribution in [0.25, 0.3) is 16.9 Å². The van der Waals surface area contributed by atoms with Gasteiger partial charge in [0, 0.05) is 38.2 Å². The highest BCUT2D eigenvalue weighted by atomic mass is 16.5. The highest BCUT2D eigenvalue weighted by Gasteiger charge is 2.26. The molecule has 1 atom stereocenters. The van der Waals surface area contributed by atoms with Crippen molar-refractivity contribution in [2.24, 2.45) is 14.1 Å². The molecular formula is C23H22N8O2. The third kappa shape index (κ3) is 3.17. The van der Waals surface area contributed by atoms with Crippen LogP contribution in [0.5, 0.6) is 5.75 Å². The minimum Gasteiger partial charge on any atom is -0.482 e. The Morgan fingerprint density at radius 3 is 2.76 bits per heavy atom. The second-order valence-electron chi connectivity index (χ2n) is 8.19. The zero-order valence-corrected chi connectivity index (χ0v) is 18.7. The second-order valence-corrected chi connectivity index (χ2v) is 8.19. The van der Waals surface area contributed by atoms with Gasteiger partial charge in [0.2, 0.25) is 0 Å². The van der Waals surface area contributed by atoms with Crippen LogP contribution in [-0.4, -0.2) is 29.3 Å². The van der Waals surface area contributed by atoms with Gasteiger partial charge in [0.05, 0.1) is 22.6 Å². The largest absolute Gasteiger partial charge is 0.482 e. The Bertz CT molecular complexity index is 1520. The number of aromatic nitrogens is 6. The first-order valence-electron chi connectivity index (χ1n) is 10.4. The van der Waals surface area contributed by atoms with Crippen molar-refractivity contribution in [2.45, 2.75) is 26.4 Å². The molecule has 10 heteroatoms. The van der Waals surface area contributed by atoms with E-state index in [-0.39, 0.29) is 11.4 Å². The summed E-state index contributed by atoms with van der Waals surface area (Å²) in [6, 6.07) is 11.5. The lowest BCUT2D eigenvalue weighted by Gasteiger charge is -2.23. The number of anilines is 1. The van der Waals surface area contributed by atoms with E-state index >= 15 is 0 Å². The van der Waals surface area contributed by atoms with Crippen LogP contribution in [0.2, 0.25) is 0 Å². The first kappa shape index (κ1) is 20.5. The molecule has 4 heterocycles. The lowest BCUT2D eigenvalue weighted by molar-refractivity contribution is 0.226. The highest BCUT2D eigenvalue weighted by Crippen LogP contribution is 2.35. The monoisotopic (exact) mass is 442 g/mol. The molecule has 4 aromatic rings. The fourth-order valence-corrected chi connectivity index (χ4v) is 4.35. The fraction of sp³-hybridized carbons (Fsp3) is 0.261. The average molecular weight is 442 g/mol. The number of nitrogens with zero attached hydrogens (tertiary/aromatic N) is 7. The molecule has 0 saturated heterocycles. The summed E-state index contributed by atoms with van der Waals surface area (Å²) in [6.45, 7) is 3.92. The number of rotatable bonds is 0. The van der Waals surface area contributed by atoms with Crippen LogP contribution in [0.4, 0.5) is 5.82 Å². The van der Waals surface area contributed by atoms with Crippen LogP contribution in [0.15, 0.2) is 35.1 Å². The Morgan fingerprint density at radius 1 is 1.21 bits per heavy atom. The van der Waals surface area contributed by atoms with Crippen LogP contribution in [0.1, 0.15) is 41.2 Å². The van der Waals surface area contributed by atoms with Crippen molar-refractivity contribution in [3.05, 3.63) is 68.9 Å². The van der Waals surface area contributed by atoms with Gasteiger partial charge in [-0.1, -0.05) is 17.7 Å². The maximum Gasteiger partial charge on any atom is 0.266 e. The fourth-order valence-electron chi connectivity index (χ4n) is 4.35. The summed E-state index contributed by atoms with van der Waals surface area (Å²) in [5.41, 5.74) is 11.3.